The molecule has 0 radical (unpaired) electrons. The molecule has 7 nitrogen and oxygen atoms in total. The number of aromatic nitrogens is 6. The predicted octanol–water partition coefficient (Wildman–Crippen LogP) is 3.76. The second-order valence-corrected chi connectivity index (χ2v) is 7.42. The molecular formula is C19H16FN7S. The zero-order valence-corrected chi connectivity index (χ0v) is 15.8. The first-order chi connectivity index (χ1) is 13.7. The Bertz CT molecular complexity index is 1260. The highest BCUT2D eigenvalue weighted by atomic mass is 32.1. The Labute approximate surface area is 163 Å². The van der Waals surface area contributed by atoms with Gasteiger partial charge in [-0.15, -0.1) is 0 Å². The van der Waals surface area contributed by atoms with E-state index in [1.54, 1.807) is 24.8 Å². The highest BCUT2D eigenvalue weighted by Crippen LogP contribution is 2.35. The number of aryl methyl sites for hydroxylation is 1. The number of aromatic amines is 1. The molecule has 4 heterocycles. The zero-order chi connectivity index (χ0) is 19.1. The van der Waals surface area contributed by atoms with Crippen LogP contribution >= 0.6 is 11.3 Å². The van der Waals surface area contributed by atoms with Crippen LogP contribution in [-0.2, 0) is 13.5 Å². The van der Waals surface area contributed by atoms with Crippen molar-refractivity contribution in [1.82, 2.24) is 29.5 Å². The summed E-state index contributed by atoms with van der Waals surface area (Å²) in [4.78, 5) is 22.0. The smallest absolute Gasteiger partial charge is 0.156 e. The number of imidazole rings is 2. The van der Waals surface area contributed by atoms with E-state index in [4.69, 9.17) is 9.97 Å². The fourth-order valence-corrected chi connectivity index (χ4v) is 4.11. The van der Waals surface area contributed by atoms with E-state index in [0.717, 1.165) is 49.9 Å². The van der Waals surface area contributed by atoms with E-state index >= 15 is 0 Å². The first kappa shape index (κ1) is 16.8. The highest BCUT2D eigenvalue weighted by Gasteiger charge is 2.17. The fourth-order valence-electron chi connectivity index (χ4n) is 3.16. The third-order valence-electron chi connectivity index (χ3n) is 4.54. The van der Waals surface area contributed by atoms with Crippen LogP contribution in [0.4, 0.5) is 10.2 Å². The maximum atomic E-state index is 13.2. The molecular weight excluding hydrogens is 377 g/mol. The van der Waals surface area contributed by atoms with Gasteiger partial charge in [-0.2, -0.15) is 0 Å². The Balaban J connectivity index is 1.55. The number of fused-ring (bicyclic) bond motifs is 3. The van der Waals surface area contributed by atoms with E-state index in [2.05, 4.69) is 20.3 Å². The number of halogens is 1. The average molecular weight is 393 g/mol. The lowest BCUT2D eigenvalue weighted by Crippen LogP contribution is -2.07. The molecule has 0 unspecified atom stereocenters. The summed E-state index contributed by atoms with van der Waals surface area (Å²) < 4.78 is 15.2. The van der Waals surface area contributed by atoms with E-state index in [0.29, 0.717) is 6.54 Å². The van der Waals surface area contributed by atoms with E-state index in [1.807, 2.05) is 17.8 Å². The van der Waals surface area contributed by atoms with E-state index in [1.165, 1.54) is 23.5 Å². The lowest BCUT2D eigenvalue weighted by atomic mass is 10.2. The number of rotatable bonds is 5. The van der Waals surface area contributed by atoms with Crippen molar-refractivity contribution in [2.45, 2.75) is 6.42 Å². The van der Waals surface area contributed by atoms with Crippen LogP contribution in [0.2, 0.25) is 0 Å². The van der Waals surface area contributed by atoms with Crippen molar-refractivity contribution in [3.63, 3.8) is 0 Å². The Morgan fingerprint density at radius 1 is 1.18 bits per heavy atom. The zero-order valence-electron chi connectivity index (χ0n) is 15.0. The summed E-state index contributed by atoms with van der Waals surface area (Å²) in [6.45, 7) is 0.704. The van der Waals surface area contributed by atoms with Gasteiger partial charge in [-0.25, -0.2) is 24.3 Å². The predicted molar refractivity (Wildman–Crippen MR) is 108 cm³/mol. The number of nitrogens with zero attached hydrogens (tertiary/aromatic N) is 5. The molecule has 0 aliphatic heterocycles. The number of anilines is 1. The van der Waals surface area contributed by atoms with Gasteiger partial charge in [0.1, 0.15) is 32.2 Å². The Kier molecular flexibility index (Phi) is 4.01. The second kappa shape index (κ2) is 6.68. The van der Waals surface area contributed by atoms with E-state index in [9.17, 15) is 4.39 Å². The number of nitrogens with one attached hydrogen (secondary N) is 2. The fraction of sp³-hybridized carbons (Fsp3) is 0.158. The number of benzene rings is 1. The molecule has 0 fully saturated rings. The van der Waals surface area contributed by atoms with Crippen LogP contribution in [0, 0.1) is 5.82 Å². The van der Waals surface area contributed by atoms with Gasteiger partial charge in [0.2, 0.25) is 0 Å². The van der Waals surface area contributed by atoms with Crippen LogP contribution in [0.1, 0.15) is 5.69 Å². The quantitative estimate of drug-likeness (QED) is 0.475. The molecule has 0 bridgehead atoms. The summed E-state index contributed by atoms with van der Waals surface area (Å²) in [7, 11) is 1.94. The molecule has 0 atom stereocenters. The van der Waals surface area contributed by atoms with Crippen molar-refractivity contribution in [3.8, 4) is 10.6 Å². The van der Waals surface area contributed by atoms with E-state index in [-0.39, 0.29) is 5.82 Å². The van der Waals surface area contributed by atoms with Crippen molar-refractivity contribution in [3.05, 3.63) is 54.6 Å². The Morgan fingerprint density at radius 3 is 2.82 bits per heavy atom. The summed E-state index contributed by atoms with van der Waals surface area (Å²) in [6, 6.07) is 6.35. The molecule has 1 aromatic carbocycles. The first-order valence-corrected chi connectivity index (χ1v) is 9.59. The monoisotopic (exact) mass is 393 g/mol. The molecule has 0 aliphatic carbocycles. The normalized spacial score (nSPS) is 11.5. The van der Waals surface area contributed by atoms with Gasteiger partial charge in [0.15, 0.2) is 5.82 Å². The van der Waals surface area contributed by atoms with Crippen LogP contribution in [0.15, 0.2) is 43.1 Å². The van der Waals surface area contributed by atoms with Gasteiger partial charge in [0.25, 0.3) is 0 Å². The Morgan fingerprint density at radius 2 is 2.04 bits per heavy atom. The molecule has 0 spiro atoms. The van der Waals surface area contributed by atoms with Crippen LogP contribution < -0.4 is 5.32 Å². The molecule has 140 valence electrons. The molecule has 5 rings (SSSR count). The largest absolute Gasteiger partial charge is 0.368 e. The summed E-state index contributed by atoms with van der Waals surface area (Å²) >= 11 is 1.49. The molecule has 28 heavy (non-hydrogen) atoms. The topological polar surface area (TPSA) is 84.3 Å². The number of pyridine rings is 1. The molecule has 5 aromatic rings. The lowest BCUT2D eigenvalue weighted by Gasteiger charge is -2.06. The van der Waals surface area contributed by atoms with Crippen LogP contribution in [0.25, 0.3) is 32.0 Å². The van der Waals surface area contributed by atoms with Crippen molar-refractivity contribution in [2.24, 2.45) is 7.05 Å². The van der Waals surface area contributed by atoms with Gasteiger partial charge in [-0.3, -0.25) is 0 Å². The van der Waals surface area contributed by atoms with Crippen LogP contribution in [-0.4, -0.2) is 36.0 Å². The van der Waals surface area contributed by atoms with Crippen molar-refractivity contribution in [1.29, 1.82) is 0 Å². The van der Waals surface area contributed by atoms with E-state index < -0.39 is 0 Å². The summed E-state index contributed by atoms with van der Waals surface area (Å²) in [5, 5.41) is 4.19. The SMILES string of the molecule is Cn1cnc2c(NCCc3cnc[nH]3)nc3sc(-c4ccc(F)cc4)nc3c21. The van der Waals surface area contributed by atoms with Gasteiger partial charge in [-0.1, -0.05) is 11.3 Å². The molecule has 0 saturated heterocycles. The minimum Gasteiger partial charge on any atom is -0.368 e. The summed E-state index contributed by atoms with van der Waals surface area (Å²) in [5.41, 5.74) is 4.45. The molecule has 2 N–H and O–H groups in total. The summed E-state index contributed by atoms with van der Waals surface area (Å²) in [6.07, 6.45) is 6.05. The third-order valence-corrected chi connectivity index (χ3v) is 5.54. The molecule has 9 heteroatoms. The maximum absolute atomic E-state index is 13.2. The molecule has 0 saturated carbocycles. The van der Waals surface area contributed by atoms with Gasteiger partial charge in [0, 0.05) is 37.5 Å². The number of H-pyrrole nitrogens is 1. The maximum Gasteiger partial charge on any atom is 0.156 e. The first-order valence-electron chi connectivity index (χ1n) is 8.77. The second-order valence-electron chi connectivity index (χ2n) is 6.45. The van der Waals surface area contributed by atoms with Gasteiger partial charge in [-0.05, 0) is 24.3 Å². The third kappa shape index (κ3) is 2.89. The molecule has 0 aliphatic rings. The number of hydrogen-bond donors (Lipinski definition) is 2. The van der Waals surface area contributed by atoms with Gasteiger partial charge >= 0.3 is 0 Å². The standard InChI is InChI=1S/C19H16FN7S/c1-27-10-24-14-16(27)15-19(26-17(14)22-7-6-13-8-21-9-23-13)28-18(25-15)11-2-4-12(20)5-3-11/h2-5,8-10H,6-7H2,1H3,(H,21,23)(H,22,26). The summed E-state index contributed by atoms with van der Waals surface area (Å²) in [5.74, 6) is 0.470. The highest BCUT2D eigenvalue weighted by molar-refractivity contribution is 7.21. The lowest BCUT2D eigenvalue weighted by molar-refractivity contribution is 0.628. The van der Waals surface area contributed by atoms with Crippen molar-refractivity contribution >= 4 is 38.5 Å². The van der Waals surface area contributed by atoms with Crippen LogP contribution in [0.5, 0.6) is 0 Å². The van der Waals surface area contributed by atoms with Crippen LogP contribution in [0.3, 0.4) is 0 Å². The minimum absolute atomic E-state index is 0.263. The van der Waals surface area contributed by atoms with Gasteiger partial charge < -0.3 is 14.9 Å². The Hall–Kier alpha value is -3.33. The van der Waals surface area contributed by atoms with Crippen molar-refractivity contribution in [2.75, 3.05) is 11.9 Å². The van der Waals surface area contributed by atoms with Crippen molar-refractivity contribution < 1.29 is 4.39 Å². The molecule has 0 amide bonds. The number of thiazole rings is 1. The average Bonchev–Trinajstić information content (AvgIpc) is 3.42. The number of hydrogen-bond acceptors (Lipinski definition) is 6. The molecule has 4 aromatic heterocycles. The minimum atomic E-state index is -0.263. The van der Waals surface area contributed by atoms with Gasteiger partial charge in [0.05, 0.1) is 12.7 Å².